The summed E-state index contributed by atoms with van der Waals surface area (Å²) >= 11 is 1.61. The quantitative estimate of drug-likeness (QED) is 0.674. The van der Waals surface area contributed by atoms with E-state index < -0.39 is 18.2 Å². The van der Waals surface area contributed by atoms with Gasteiger partial charge in [0, 0.05) is 19.4 Å². The number of halogens is 1. The zero-order valence-electron chi connectivity index (χ0n) is 17.6. The number of hydrogen-bond acceptors (Lipinski definition) is 6. The molecular formula is C22H30ClN3O3S. The summed E-state index contributed by atoms with van der Waals surface area (Å²) in [6, 6.07) is 6.93. The molecule has 164 valence electrons. The molecular weight excluding hydrogens is 422 g/mol. The predicted molar refractivity (Wildman–Crippen MR) is 122 cm³/mol. The van der Waals surface area contributed by atoms with Crippen LogP contribution in [-0.2, 0) is 16.0 Å². The van der Waals surface area contributed by atoms with Crippen molar-refractivity contribution in [2.24, 2.45) is 11.7 Å². The molecule has 0 saturated carbocycles. The van der Waals surface area contributed by atoms with Gasteiger partial charge < -0.3 is 15.7 Å². The number of thiazole rings is 1. The number of benzene rings is 1. The smallest absolute Gasteiger partial charge is 0.240 e. The van der Waals surface area contributed by atoms with E-state index in [1.165, 1.54) is 4.90 Å². The van der Waals surface area contributed by atoms with Gasteiger partial charge in [0.05, 0.1) is 34.3 Å². The number of rotatable bonds is 7. The molecule has 30 heavy (non-hydrogen) atoms. The Morgan fingerprint density at radius 2 is 1.97 bits per heavy atom. The standard InChI is InChI=1S/C22H29N3O3S.ClH/c1-13(2)20(23)22(28)25-11-17(26)10-18(25)19(27)9-6-15-4-7-16(8-5-15)21-14(3)24-12-29-21;/h4-5,7-8,12-13,17-18,20,26H,6,9-11,23H2,1-3H3;1H/t17-,18+,20+;/m1./s1. The SMILES string of the molecule is Cc1ncsc1-c1ccc(CCC(=O)[C@@H]2C[C@@H](O)CN2C(=O)[C@@H](N)C(C)C)cc1.Cl. The van der Waals surface area contributed by atoms with Crippen LogP contribution in [0.1, 0.15) is 37.9 Å². The van der Waals surface area contributed by atoms with Crippen molar-refractivity contribution in [1.82, 2.24) is 9.88 Å². The van der Waals surface area contributed by atoms with Crippen molar-refractivity contribution in [2.45, 2.75) is 58.2 Å². The monoisotopic (exact) mass is 451 g/mol. The van der Waals surface area contributed by atoms with E-state index >= 15 is 0 Å². The molecule has 1 amide bonds. The molecule has 1 aliphatic rings. The van der Waals surface area contributed by atoms with Gasteiger partial charge in [-0.15, -0.1) is 23.7 Å². The van der Waals surface area contributed by atoms with Gasteiger partial charge in [-0.2, -0.15) is 0 Å². The molecule has 8 heteroatoms. The Hall–Kier alpha value is -1.80. The minimum absolute atomic E-state index is 0. The molecule has 3 N–H and O–H groups in total. The molecule has 0 bridgehead atoms. The van der Waals surface area contributed by atoms with Gasteiger partial charge in [0.25, 0.3) is 0 Å². The van der Waals surface area contributed by atoms with E-state index in [1.807, 2.05) is 38.4 Å². The average molecular weight is 452 g/mol. The van der Waals surface area contributed by atoms with Crippen molar-refractivity contribution < 1.29 is 14.7 Å². The van der Waals surface area contributed by atoms with Crippen molar-refractivity contribution in [3.63, 3.8) is 0 Å². The third-order valence-electron chi connectivity index (χ3n) is 5.56. The summed E-state index contributed by atoms with van der Waals surface area (Å²) in [6.45, 7) is 5.93. The summed E-state index contributed by atoms with van der Waals surface area (Å²) in [5.41, 5.74) is 11.0. The summed E-state index contributed by atoms with van der Waals surface area (Å²) in [5.74, 6) is -0.288. The fourth-order valence-electron chi connectivity index (χ4n) is 3.68. The van der Waals surface area contributed by atoms with Crippen molar-refractivity contribution in [2.75, 3.05) is 6.54 Å². The van der Waals surface area contributed by atoms with Gasteiger partial charge in [0.15, 0.2) is 5.78 Å². The van der Waals surface area contributed by atoms with Crippen LogP contribution in [0.4, 0.5) is 0 Å². The molecule has 1 aliphatic heterocycles. The fraction of sp³-hybridized carbons (Fsp3) is 0.500. The molecule has 1 saturated heterocycles. The van der Waals surface area contributed by atoms with E-state index in [4.69, 9.17) is 5.73 Å². The number of aliphatic hydroxyl groups excluding tert-OH is 1. The highest BCUT2D eigenvalue weighted by atomic mass is 35.5. The fourth-order valence-corrected chi connectivity index (χ4v) is 4.49. The first kappa shape index (κ1) is 24.5. The van der Waals surface area contributed by atoms with Gasteiger partial charge >= 0.3 is 0 Å². The number of likely N-dealkylation sites (tertiary alicyclic amines) is 1. The lowest BCUT2D eigenvalue weighted by Gasteiger charge is -2.27. The third-order valence-corrected chi connectivity index (χ3v) is 6.54. The lowest BCUT2D eigenvalue weighted by Crippen LogP contribution is -2.50. The van der Waals surface area contributed by atoms with Gasteiger partial charge in [0.2, 0.25) is 5.91 Å². The van der Waals surface area contributed by atoms with Crippen molar-refractivity contribution >= 4 is 35.4 Å². The van der Waals surface area contributed by atoms with Gasteiger partial charge in [-0.1, -0.05) is 38.1 Å². The van der Waals surface area contributed by atoms with E-state index in [0.717, 1.165) is 21.7 Å². The van der Waals surface area contributed by atoms with Crippen LogP contribution in [0.5, 0.6) is 0 Å². The van der Waals surface area contributed by atoms with E-state index in [9.17, 15) is 14.7 Å². The molecule has 1 fully saturated rings. The number of nitrogens with two attached hydrogens (primary N) is 1. The average Bonchev–Trinajstić information content (AvgIpc) is 3.30. The Morgan fingerprint density at radius 3 is 2.53 bits per heavy atom. The number of carbonyl (C=O) groups is 2. The maximum Gasteiger partial charge on any atom is 0.240 e. The van der Waals surface area contributed by atoms with Gasteiger partial charge in [-0.3, -0.25) is 9.59 Å². The van der Waals surface area contributed by atoms with E-state index in [2.05, 4.69) is 17.1 Å². The van der Waals surface area contributed by atoms with Gasteiger partial charge in [-0.25, -0.2) is 4.98 Å². The lowest BCUT2D eigenvalue weighted by atomic mass is 9.99. The number of ketones is 1. The van der Waals surface area contributed by atoms with Crippen LogP contribution < -0.4 is 5.73 Å². The number of aryl methyl sites for hydroxylation is 2. The highest BCUT2D eigenvalue weighted by molar-refractivity contribution is 7.13. The molecule has 1 aromatic heterocycles. The number of aliphatic hydroxyl groups is 1. The minimum atomic E-state index is -0.672. The molecule has 2 heterocycles. The summed E-state index contributed by atoms with van der Waals surface area (Å²) < 4.78 is 0. The van der Waals surface area contributed by atoms with Crippen molar-refractivity contribution in [1.29, 1.82) is 0 Å². The predicted octanol–water partition coefficient (Wildman–Crippen LogP) is 2.99. The van der Waals surface area contributed by atoms with E-state index in [1.54, 1.807) is 11.3 Å². The summed E-state index contributed by atoms with van der Waals surface area (Å²) in [4.78, 5) is 32.4. The minimum Gasteiger partial charge on any atom is -0.391 e. The second kappa shape index (κ2) is 10.5. The Morgan fingerprint density at radius 1 is 1.30 bits per heavy atom. The van der Waals surface area contributed by atoms with E-state index in [-0.39, 0.29) is 36.6 Å². The molecule has 3 rings (SSSR count). The topological polar surface area (TPSA) is 96.5 Å². The van der Waals surface area contributed by atoms with Crippen LogP contribution >= 0.6 is 23.7 Å². The lowest BCUT2D eigenvalue weighted by molar-refractivity contribution is -0.139. The highest BCUT2D eigenvalue weighted by Gasteiger charge is 2.40. The van der Waals surface area contributed by atoms with E-state index in [0.29, 0.717) is 19.3 Å². The largest absolute Gasteiger partial charge is 0.391 e. The number of nitrogens with zero attached hydrogens (tertiary/aromatic N) is 2. The van der Waals surface area contributed by atoms with Crippen LogP contribution in [0.25, 0.3) is 10.4 Å². The summed E-state index contributed by atoms with van der Waals surface area (Å²) in [6.07, 6.45) is 0.552. The normalized spacial score (nSPS) is 19.6. The maximum atomic E-state index is 12.8. The Labute approximate surface area is 187 Å². The molecule has 0 radical (unpaired) electrons. The number of β-amino-alcohol motifs (C(OH)–C–C–N with tert-alkyl or cyclic N) is 1. The molecule has 2 aromatic rings. The number of hydrogen-bond donors (Lipinski definition) is 2. The molecule has 0 unspecified atom stereocenters. The van der Waals surface area contributed by atoms with Crippen LogP contribution in [0.15, 0.2) is 29.8 Å². The second-order valence-corrected chi connectivity index (χ2v) is 8.95. The summed E-state index contributed by atoms with van der Waals surface area (Å²) in [7, 11) is 0. The first-order valence-electron chi connectivity index (χ1n) is 10.0. The maximum absolute atomic E-state index is 12.8. The first-order valence-corrected chi connectivity index (χ1v) is 10.9. The van der Waals surface area contributed by atoms with Crippen LogP contribution in [-0.4, -0.2) is 51.4 Å². The molecule has 6 nitrogen and oxygen atoms in total. The van der Waals surface area contributed by atoms with Crippen LogP contribution in [0.3, 0.4) is 0 Å². The second-order valence-electron chi connectivity index (χ2n) is 8.10. The molecule has 0 spiro atoms. The number of Topliss-reactive ketones (excluding diaryl/α,β-unsaturated/α-hetero) is 1. The van der Waals surface area contributed by atoms with Gasteiger partial charge in [0.1, 0.15) is 0 Å². The summed E-state index contributed by atoms with van der Waals surface area (Å²) in [5, 5.41) is 10.0. The molecule has 1 aromatic carbocycles. The zero-order chi connectivity index (χ0) is 21.1. The Kier molecular flexibility index (Phi) is 8.55. The third kappa shape index (κ3) is 5.46. The number of aromatic nitrogens is 1. The van der Waals surface area contributed by atoms with Crippen LogP contribution in [0, 0.1) is 12.8 Å². The molecule has 3 atom stereocenters. The van der Waals surface area contributed by atoms with Crippen LogP contribution in [0.2, 0.25) is 0 Å². The Balaban J connectivity index is 0.00000320. The number of amides is 1. The van der Waals surface area contributed by atoms with Crippen molar-refractivity contribution in [3.05, 3.63) is 41.0 Å². The zero-order valence-corrected chi connectivity index (χ0v) is 19.2. The highest BCUT2D eigenvalue weighted by Crippen LogP contribution is 2.28. The first-order chi connectivity index (χ1) is 13.8. The van der Waals surface area contributed by atoms with Crippen molar-refractivity contribution in [3.8, 4) is 10.4 Å². The molecule has 0 aliphatic carbocycles. The van der Waals surface area contributed by atoms with Gasteiger partial charge in [-0.05, 0) is 30.4 Å². The number of carbonyl (C=O) groups excluding carboxylic acids is 2. The Bertz CT molecular complexity index is 869.